The lowest BCUT2D eigenvalue weighted by Gasteiger charge is -2.34. The quantitative estimate of drug-likeness (QED) is 0.672. The van der Waals surface area contributed by atoms with E-state index >= 15 is 0 Å². The first kappa shape index (κ1) is 22.2. The molecule has 0 spiro atoms. The SMILES string of the molecule is C[C@@]1(c2nc(NC(=O)c3ncc(Cl)cc3Cl)ccc2F)CO[C@@H](C(F)(F)F)C(N)=N1. The number of carbonyl (C=O) groups is 1. The summed E-state index contributed by atoms with van der Waals surface area (Å²) >= 11 is 11.7. The molecule has 160 valence electrons. The summed E-state index contributed by atoms with van der Waals surface area (Å²) in [4.78, 5) is 23.9. The van der Waals surface area contributed by atoms with Crippen LogP contribution in [0.5, 0.6) is 0 Å². The number of pyridine rings is 2. The van der Waals surface area contributed by atoms with Crippen LogP contribution in [0.1, 0.15) is 23.1 Å². The van der Waals surface area contributed by atoms with Crippen molar-refractivity contribution >= 4 is 40.8 Å². The number of hydrogen-bond acceptors (Lipinski definition) is 6. The summed E-state index contributed by atoms with van der Waals surface area (Å²) in [6.45, 7) is 0.671. The van der Waals surface area contributed by atoms with Gasteiger partial charge in [-0.25, -0.2) is 14.4 Å². The molecule has 0 saturated heterocycles. The van der Waals surface area contributed by atoms with Crippen LogP contribution in [-0.2, 0) is 10.3 Å². The number of aromatic nitrogens is 2. The average molecular weight is 466 g/mol. The minimum Gasteiger partial charge on any atom is -0.385 e. The van der Waals surface area contributed by atoms with E-state index in [-0.39, 0.29) is 27.3 Å². The molecule has 0 bridgehead atoms. The molecule has 0 fully saturated rings. The lowest BCUT2D eigenvalue weighted by molar-refractivity contribution is -0.204. The van der Waals surface area contributed by atoms with Crippen molar-refractivity contribution in [2.24, 2.45) is 10.7 Å². The first-order valence-electron chi connectivity index (χ1n) is 8.23. The number of nitrogens with zero attached hydrogens (tertiary/aromatic N) is 3. The third-order valence-corrected chi connectivity index (χ3v) is 4.59. The summed E-state index contributed by atoms with van der Waals surface area (Å²) in [5.41, 5.74) is 3.24. The van der Waals surface area contributed by atoms with E-state index in [0.29, 0.717) is 0 Å². The van der Waals surface area contributed by atoms with Gasteiger partial charge in [0.15, 0.2) is 0 Å². The maximum absolute atomic E-state index is 14.4. The minimum atomic E-state index is -4.76. The highest BCUT2D eigenvalue weighted by atomic mass is 35.5. The first-order chi connectivity index (χ1) is 13.9. The Labute approximate surface area is 177 Å². The van der Waals surface area contributed by atoms with Crippen LogP contribution in [0.2, 0.25) is 10.0 Å². The molecule has 2 aromatic rings. The molecule has 2 atom stereocenters. The van der Waals surface area contributed by atoms with Gasteiger partial charge in [-0.15, -0.1) is 0 Å². The fraction of sp³-hybridized carbons (Fsp3) is 0.294. The molecule has 2 aromatic heterocycles. The van der Waals surface area contributed by atoms with E-state index in [1.165, 1.54) is 19.2 Å². The number of nitrogens with two attached hydrogens (primary N) is 1. The van der Waals surface area contributed by atoms with Crippen molar-refractivity contribution in [1.29, 1.82) is 0 Å². The maximum Gasteiger partial charge on any atom is 0.421 e. The molecule has 3 rings (SSSR count). The number of halogens is 6. The second kappa shape index (κ2) is 7.97. The number of nitrogens with one attached hydrogen (secondary N) is 1. The lowest BCUT2D eigenvalue weighted by atomic mass is 9.96. The van der Waals surface area contributed by atoms with Crippen molar-refractivity contribution < 1.29 is 27.1 Å². The smallest absolute Gasteiger partial charge is 0.385 e. The van der Waals surface area contributed by atoms with Crippen molar-refractivity contribution in [2.45, 2.75) is 24.7 Å². The zero-order valence-corrected chi connectivity index (χ0v) is 16.6. The Morgan fingerprint density at radius 3 is 2.67 bits per heavy atom. The molecule has 7 nitrogen and oxygen atoms in total. The Morgan fingerprint density at radius 2 is 2.07 bits per heavy atom. The van der Waals surface area contributed by atoms with Crippen molar-refractivity contribution in [3.05, 3.63) is 51.6 Å². The topological polar surface area (TPSA) is 102 Å². The van der Waals surface area contributed by atoms with Gasteiger partial charge in [0.1, 0.15) is 34.4 Å². The van der Waals surface area contributed by atoms with Gasteiger partial charge in [-0.1, -0.05) is 23.2 Å². The van der Waals surface area contributed by atoms with Crippen LogP contribution >= 0.6 is 23.2 Å². The van der Waals surface area contributed by atoms with Crippen LogP contribution in [0.15, 0.2) is 29.4 Å². The van der Waals surface area contributed by atoms with E-state index in [0.717, 1.165) is 12.1 Å². The van der Waals surface area contributed by atoms with Crippen molar-refractivity contribution in [3.63, 3.8) is 0 Å². The Balaban J connectivity index is 1.90. The first-order valence-corrected chi connectivity index (χ1v) is 8.99. The molecule has 3 N–H and O–H groups in total. The number of ether oxygens (including phenoxy) is 1. The molecule has 1 aliphatic rings. The summed E-state index contributed by atoms with van der Waals surface area (Å²) in [5, 5.41) is 2.58. The van der Waals surface area contributed by atoms with Crippen molar-refractivity contribution in [3.8, 4) is 0 Å². The molecule has 30 heavy (non-hydrogen) atoms. The number of hydrogen-bond donors (Lipinski definition) is 2. The van der Waals surface area contributed by atoms with Gasteiger partial charge in [0.05, 0.1) is 16.7 Å². The summed E-state index contributed by atoms with van der Waals surface area (Å²) in [6.07, 6.45) is -5.95. The third kappa shape index (κ3) is 4.47. The average Bonchev–Trinajstić information content (AvgIpc) is 2.61. The van der Waals surface area contributed by atoms with Crippen LogP contribution in [0.25, 0.3) is 0 Å². The predicted molar refractivity (Wildman–Crippen MR) is 101 cm³/mol. The van der Waals surface area contributed by atoms with Gasteiger partial charge in [0, 0.05) is 6.20 Å². The van der Waals surface area contributed by atoms with Gasteiger partial charge in [-0.3, -0.25) is 9.79 Å². The molecule has 0 aromatic carbocycles. The minimum absolute atomic E-state index is 0.0226. The number of rotatable bonds is 3. The second-order valence-electron chi connectivity index (χ2n) is 6.51. The molecule has 0 saturated carbocycles. The highest BCUT2D eigenvalue weighted by Crippen LogP contribution is 2.35. The summed E-state index contributed by atoms with van der Waals surface area (Å²) < 4.78 is 57.9. The Kier molecular flexibility index (Phi) is 5.89. The van der Waals surface area contributed by atoms with E-state index in [4.69, 9.17) is 33.7 Å². The standard InChI is InChI=1S/C17H13Cl2F4N5O2/c1-16(6-30-13(14(24)28-16)17(21,22)23)12-9(20)2-3-10(26-12)27-15(29)11-8(19)4-7(18)5-25-11/h2-5,13H,6H2,1H3,(H2,24,28)(H,26,27,29)/t13-,16+/m1/s1. The van der Waals surface area contributed by atoms with E-state index in [1.54, 1.807) is 0 Å². The predicted octanol–water partition coefficient (Wildman–Crippen LogP) is 3.71. The maximum atomic E-state index is 14.4. The Morgan fingerprint density at radius 1 is 1.37 bits per heavy atom. The molecule has 1 amide bonds. The van der Waals surface area contributed by atoms with Crippen molar-refractivity contribution in [2.75, 3.05) is 11.9 Å². The zero-order valence-electron chi connectivity index (χ0n) is 15.1. The summed E-state index contributed by atoms with van der Waals surface area (Å²) in [6, 6.07) is 3.43. The fourth-order valence-electron chi connectivity index (χ4n) is 2.74. The van der Waals surface area contributed by atoms with Crippen LogP contribution in [0, 0.1) is 5.82 Å². The van der Waals surface area contributed by atoms with E-state index in [9.17, 15) is 22.4 Å². The third-order valence-electron chi connectivity index (χ3n) is 4.09. The molecular formula is C17H13Cl2F4N5O2. The van der Waals surface area contributed by atoms with Crippen LogP contribution in [0.3, 0.4) is 0 Å². The molecule has 0 unspecified atom stereocenters. The van der Waals surface area contributed by atoms with Gasteiger partial charge in [-0.05, 0) is 25.1 Å². The number of amides is 1. The fourth-order valence-corrected chi connectivity index (χ4v) is 3.20. The number of anilines is 1. The monoisotopic (exact) mass is 465 g/mol. The molecule has 1 aliphatic heterocycles. The molecular weight excluding hydrogens is 453 g/mol. The van der Waals surface area contributed by atoms with Gasteiger partial charge in [-0.2, -0.15) is 13.2 Å². The number of carbonyl (C=O) groups excluding carboxylic acids is 1. The van der Waals surface area contributed by atoms with E-state index in [2.05, 4.69) is 20.3 Å². The number of alkyl halides is 3. The molecule has 0 aliphatic carbocycles. The lowest BCUT2D eigenvalue weighted by Crippen LogP contribution is -2.51. The van der Waals surface area contributed by atoms with E-state index in [1.807, 2.05) is 0 Å². The molecule has 13 heteroatoms. The molecule has 3 heterocycles. The Bertz CT molecular complexity index is 1030. The van der Waals surface area contributed by atoms with Crippen molar-refractivity contribution in [1.82, 2.24) is 9.97 Å². The highest BCUT2D eigenvalue weighted by molar-refractivity contribution is 6.36. The normalized spacial score (nSPS) is 21.8. The van der Waals surface area contributed by atoms with Gasteiger partial charge >= 0.3 is 6.18 Å². The van der Waals surface area contributed by atoms with E-state index < -0.39 is 42.0 Å². The largest absolute Gasteiger partial charge is 0.421 e. The van der Waals surface area contributed by atoms with Crippen LogP contribution in [-0.4, -0.2) is 40.6 Å². The van der Waals surface area contributed by atoms with Gasteiger partial charge < -0.3 is 15.8 Å². The zero-order chi connectivity index (χ0) is 22.3. The van der Waals surface area contributed by atoms with Gasteiger partial charge in [0.25, 0.3) is 5.91 Å². The Hall–Kier alpha value is -2.50. The number of aliphatic imine (C=N–C) groups is 1. The summed E-state index contributed by atoms with van der Waals surface area (Å²) in [7, 11) is 0. The van der Waals surface area contributed by atoms with Gasteiger partial charge in [0.2, 0.25) is 6.10 Å². The second-order valence-corrected chi connectivity index (χ2v) is 7.35. The highest BCUT2D eigenvalue weighted by Gasteiger charge is 2.49. The number of amidine groups is 1. The molecule has 0 radical (unpaired) electrons. The summed E-state index contributed by atoms with van der Waals surface area (Å²) in [5.74, 6) is -2.60. The van der Waals surface area contributed by atoms with Crippen LogP contribution in [0.4, 0.5) is 23.4 Å². The van der Waals surface area contributed by atoms with Crippen LogP contribution < -0.4 is 11.1 Å².